The summed E-state index contributed by atoms with van der Waals surface area (Å²) < 4.78 is 10.0. The summed E-state index contributed by atoms with van der Waals surface area (Å²) in [5, 5.41) is 0. The first kappa shape index (κ1) is 8.88. The second-order valence-corrected chi connectivity index (χ2v) is 1.60. The van der Waals surface area contributed by atoms with Crippen LogP contribution in [0.1, 0.15) is 8.35 Å². The summed E-state index contributed by atoms with van der Waals surface area (Å²) in [6.07, 6.45) is 0. The molecule has 2 N–H and O–H groups in total. The summed E-state index contributed by atoms with van der Waals surface area (Å²) >= 11 is 0. The van der Waals surface area contributed by atoms with Gasteiger partial charge in [0.05, 0.1) is 19.8 Å². The fraction of sp³-hybridized carbons (Fsp3) is 1.00. The Morgan fingerprint density at radius 1 is 1.22 bits per heavy atom. The van der Waals surface area contributed by atoms with Crippen LogP contribution < -0.4 is 5.73 Å². The number of ether oxygens (including phenoxy) is 2. The lowest BCUT2D eigenvalue weighted by Gasteiger charge is -2.00. The van der Waals surface area contributed by atoms with Crippen LogP contribution in [0.15, 0.2) is 0 Å². The van der Waals surface area contributed by atoms with Crippen molar-refractivity contribution < 1.29 is 10.9 Å². The van der Waals surface area contributed by atoms with Gasteiger partial charge in [-0.3, -0.25) is 0 Å². The molecule has 0 atom stereocenters. The van der Waals surface area contributed by atoms with Crippen molar-refractivity contribution in [1.29, 1.82) is 0 Å². The molecule has 9 heavy (non-hydrogen) atoms. The van der Waals surface area contributed by atoms with Crippen LogP contribution in [-0.4, -0.2) is 33.0 Å². The van der Waals surface area contributed by atoms with Gasteiger partial charge >= 0.3 is 0 Å². The maximum absolute atomic E-state index is 5.18. The van der Waals surface area contributed by atoms with E-state index in [2.05, 4.69) is 0 Å². The van der Waals surface area contributed by atoms with Gasteiger partial charge < -0.3 is 15.2 Å². The van der Waals surface area contributed by atoms with Crippen LogP contribution in [0, 0.1) is 0 Å². The maximum atomic E-state index is 5.18. The van der Waals surface area contributed by atoms with Crippen molar-refractivity contribution in [3.63, 3.8) is 0 Å². The minimum atomic E-state index is 0. The first-order valence-corrected chi connectivity index (χ1v) is 3.27. The predicted molar refractivity (Wildman–Crippen MR) is 38.5 cm³/mol. The lowest BCUT2D eigenvalue weighted by molar-refractivity contribution is 0.0561. The van der Waals surface area contributed by atoms with E-state index in [0.717, 1.165) is 6.61 Å². The second kappa shape index (κ2) is 7.88. The van der Waals surface area contributed by atoms with Gasteiger partial charge in [-0.05, 0) is 6.92 Å². The molecule has 0 saturated heterocycles. The Morgan fingerprint density at radius 3 is 2.44 bits per heavy atom. The average Bonchev–Trinajstić information content (AvgIpc) is 1.89. The largest absolute Gasteiger partial charge is 0.379 e. The van der Waals surface area contributed by atoms with E-state index in [-0.39, 0.29) is 1.43 Å². The molecule has 0 aliphatic rings. The Labute approximate surface area is 57.6 Å². The topological polar surface area (TPSA) is 44.5 Å². The van der Waals surface area contributed by atoms with Crippen molar-refractivity contribution in [1.82, 2.24) is 0 Å². The molecule has 0 unspecified atom stereocenters. The van der Waals surface area contributed by atoms with Crippen LogP contribution in [0.5, 0.6) is 0 Å². The number of hydrogen-bond donors (Lipinski definition) is 1. The first-order valence-electron chi connectivity index (χ1n) is 3.27. The maximum Gasteiger partial charge on any atom is 0.0701 e. The van der Waals surface area contributed by atoms with Gasteiger partial charge in [-0.2, -0.15) is 0 Å². The van der Waals surface area contributed by atoms with Crippen molar-refractivity contribution in [2.24, 2.45) is 5.73 Å². The smallest absolute Gasteiger partial charge is 0.0701 e. The van der Waals surface area contributed by atoms with Gasteiger partial charge in [0.1, 0.15) is 0 Å². The Bertz CT molecular complexity index is 49.0. The molecule has 3 nitrogen and oxygen atoms in total. The Hall–Kier alpha value is -0.120. The van der Waals surface area contributed by atoms with E-state index in [9.17, 15) is 0 Å². The minimum absolute atomic E-state index is 0. The van der Waals surface area contributed by atoms with E-state index < -0.39 is 0 Å². The third-order valence-corrected chi connectivity index (χ3v) is 0.838. The summed E-state index contributed by atoms with van der Waals surface area (Å²) in [6.45, 7) is 5.27. The molecule has 0 bridgehead atoms. The summed E-state index contributed by atoms with van der Waals surface area (Å²) in [7, 11) is 0. The molecule has 0 fully saturated rings. The standard InChI is InChI=1S/C6H15NO2.H2/c1-2-8-5-6-9-4-3-7;/h2-7H2,1H3;1H. The Kier molecular flexibility index (Phi) is 7.77. The third kappa shape index (κ3) is 7.88. The lowest BCUT2D eigenvalue weighted by atomic mass is 10.7. The fourth-order valence-electron chi connectivity index (χ4n) is 0.448. The van der Waals surface area contributed by atoms with Gasteiger partial charge in [0.15, 0.2) is 0 Å². The fourth-order valence-corrected chi connectivity index (χ4v) is 0.448. The molecule has 0 amide bonds. The molecule has 0 aromatic carbocycles. The van der Waals surface area contributed by atoms with Crippen molar-refractivity contribution in [3.05, 3.63) is 0 Å². The molecule has 0 aromatic heterocycles. The van der Waals surface area contributed by atoms with E-state index in [1.165, 1.54) is 0 Å². The van der Waals surface area contributed by atoms with Crippen LogP contribution >= 0.6 is 0 Å². The second-order valence-electron chi connectivity index (χ2n) is 1.60. The van der Waals surface area contributed by atoms with E-state index in [1.54, 1.807) is 0 Å². The van der Waals surface area contributed by atoms with Gasteiger partial charge in [0.25, 0.3) is 0 Å². The zero-order valence-corrected chi connectivity index (χ0v) is 5.93. The average molecular weight is 135 g/mol. The van der Waals surface area contributed by atoms with Crippen LogP contribution in [0.2, 0.25) is 0 Å². The van der Waals surface area contributed by atoms with Gasteiger partial charge in [-0.1, -0.05) is 0 Å². The van der Waals surface area contributed by atoms with E-state index in [1.807, 2.05) is 6.92 Å². The zero-order chi connectivity index (χ0) is 6.95. The molecule has 3 heteroatoms. The molecule has 0 spiro atoms. The number of hydrogen-bond acceptors (Lipinski definition) is 3. The molecule has 0 radical (unpaired) electrons. The van der Waals surface area contributed by atoms with Gasteiger partial charge in [0.2, 0.25) is 0 Å². The van der Waals surface area contributed by atoms with Crippen LogP contribution in [-0.2, 0) is 9.47 Å². The van der Waals surface area contributed by atoms with Crippen LogP contribution in [0.25, 0.3) is 0 Å². The number of nitrogens with two attached hydrogens (primary N) is 1. The molecule has 0 aliphatic carbocycles. The molecule has 58 valence electrons. The highest BCUT2D eigenvalue weighted by molar-refractivity contribution is 4.31. The highest BCUT2D eigenvalue weighted by Crippen LogP contribution is 1.75. The quantitative estimate of drug-likeness (QED) is 0.531. The summed E-state index contributed by atoms with van der Waals surface area (Å²) in [5.74, 6) is 0. The van der Waals surface area contributed by atoms with Gasteiger partial charge in [0, 0.05) is 14.6 Å². The van der Waals surface area contributed by atoms with Gasteiger partial charge in [-0.15, -0.1) is 0 Å². The Morgan fingerprint density at radius 2 is 1.89 bits per heavy atom. The van der Waals surface area contributed by atoms with Crippen LogP contribution in [0.3, 0.4) is 0 Å². The monoisotopic (exact) mass is 135 g/mol. The molecule has 0 aliphatic heterocycles. The van der Waals surface area contributed by atoms with Crippen molar-refractivity contribution in [3.8, 4) is 0 Å². The zero-order valence-electron chi connectivity index (χ0n) is 5.93. The molecule has 0 saturated carbocycles. The normalized spacial score (nSPS) is 10.0. The minimum Gasteiger partial charge on any atom is -0.379 e. The van der Waals surface area contributed by atoms with Crippen LogP contribution in [0.4, 0.5) is 0 Å². The Balaban J connectivity index is 0. The summed E-state index contributed by atoms with van der Waals surface area (Å²) in [4.78, 5) is 0. The predicted octanol–water partition coefficient (Wildman–Crippen LogP) is 0.244. The molecule has 0 aromatic rings. The first-order chi connectivity index (χ1) is 4.41. The third-order valence-electron chi connectivity index (χ3n) is 0.838. The van der Waals surface area contributed by atoms with Crippen molar-refractivity contribution >= 4 is 0 Å². The summed E-state index contributed by atoms with van der Waals surface area (Å²) in [6, 6.07) is 0. The van der Waals surface area contributed by atoms with E-state index in [0.29, 0.717) is 26.4 Å². The molecular weight excluding hydrogens is 118 g/mol. The SMILES string of the molecule is CCOCCOCCN.[HH]. The van der Waals surface area contributed by atoms with E-state index >= 15 is 0 Å². The highest BCUT2D eigenvalue weighted by Gasteiger charge is 1.83. The van der Waals surface area contributed by atoms with E-state index in [4.69, 9.17) is 15.2 Å². The lowest BCUT2D eigenvalue weighted by Crippen LogP contribution is -2.11. The molecule has 0 heterocycles. The highest BCUT2D eigenvalue weighted by atomic mass is 16.5. The van der Waals surface area contributed by atoms with Crippen molar-refractivity contribution in [2.45, 2.75) is 6.92 Å². The molecule has 0 rings (SSSR count). The summed E-state index contributed by atoms with van der Waals surface area (Å²) in [5.41, 5.74) is 5.18. The van der Waals surface area contributed by atoms with Gasteiger partial charge in [-0.25, -0.2) is 0 Å². The molecular formula is C6H17NO2. The number of rotatable bonds is 6. The van der Waals surface area contributed by atoms with Crippen molar-refractivity contribution in [2.75, 3.05) is 33.0 Å².